The van der Waals surface area contributed by atoms with Gasteiger partial charge in [-0.1, -0.05) is 29.8 Å². The standard InChI is InChI=1S/C12H18BrNO2/c1-3-12(4-2,6-13)7-14-10(15)8-5-9(8)11(14)16/h8-9H,3-7H2,1-2H3. The van der Waals surface area contributed by atoms with Gasteiger partial charge in [0, 0.05) is 11.9 Å². The molecule has 1 heterocycles. The summed E-state index contributed by atoms with van der Waals surface area (Å²) in [5, 5.41) is 0.847. The Morgan fingerprint density at radius 1 is 1.25 bits per heavy atom. The zero-order chi connectivity index (χ0) is 11.9. The minimum Gasteiger partial charge on any atom is -0.282 e. The molecule has 2 fully saturated rings. The first kappa shape index (κ1) is 12.1. The van der Waals surface area contributed by atoms with Crippen molar-refractivity contribution in [2.24, 2.45) is 17.3 Å². The van der Waals surface area contributed by atoms with Crippen molar-refractivity contribution in [3.05, 3.63) is 0 Å². The molecule has 0 spiro atoms. The van der Waals surface area contributed by atoms with Crippen molar-refractivity contribution in [2.45, 2.75) is 33.1 Å². The molecular weight excluding hydrogens is 270 g/mol. The van der Waals surface area contributed by atoms with Gasteiger partial charge in [-0.05, 0) is 24.7 Å². The topological polar surface area (TPSA) is 37.4 Å². The van der Waals surface area contributed by atoms with Gasteiger partial charge in [-0.25, -0.2) is 0 Å². The number of imide groups is 1. The van der Waals surface area contributed by atoms with E-state index in [4.69, 9.17) is 0 Å². The fourth-order valence-corrected chi connectivity index (χ4v) is 3.42. The molecule has 1 aliphatic heterocycles. The van der Waals surface area contributed by atoms with E-state index in [0.717, 1.165) is 24.6 Å². The predicted molar refractivity (Wildman–Crippen MR) is 65.1 cm³/mol. The van der Waals surface area contributed by atoms with E-state index in [1.165, 1.54) is 4.90 Å². The van der Waals surface area contributed by atoms with Crippen molar-refractivity contribution in [1.29, 1.82) is 0 Å². The molecule has 2 aliphatic rings. The van der Waals surface area contributed by atoms with Crippen LogP contribution in [-0.2, 0) is 9.59 Å². The van der Waals surface area contributed by atoms with Crippen LogP contribution in [0, 0.1) is 17.3 Å². The van der Waals surface area contributed by atoms with E-state index in [1.807, 2.05) is 0 Å². The summed E-state index contributed by atoms with van der Waals surface area (Å²) in [4.78, 5) is 25.3. The third kappa shape index (κ3) is 1.71. The van der Waals surface area contributed by atoms with E-state index < -0.39 is 0 Å². The van der Waals surface area contributed by atoms with E-state index in [-0.39, 0.29) is 29.1 Å². The lowest BCUT2D eigenvalue weighted by atomic mass is 9.84. The number of likely N-dealkylation sites (tertiary alicyclic amines) is 1. The second-order valence-corrected chi connectivity index (χ2v) is 5.61. The van der Waals surface area contributed by atoms with Crippen molar-refractivity contribution >= 4 is 27.7 Å². The minimum absolute atomic E-state index is 0.0363. The average Bonchev–Trinajstić information content (AvgIpc) is 3.06. The van der Waals surface area contributed by atoms with Crippen LogP contribution in [0.4, 0.5) is 0 Å². The maximum Gasteiger partial charge on any atom is 0.233 e. The molecule has 0 aromatic heterocycles. The van der Waals surface area contributed by atoms with E-state index in [0.29, 0.717) is 6.54 Å². The fourth-order valence-electron chi connectivity index (χ4n) is 2.45. The Labute approximate surface area is 105 Å². The van der Waals surface area contributed by atoms with Crippen molar-refractivity contribution < 1.29 is 9.59 Å². The molecule has 0 aromatic rings. The average molecular weight is 288 g/mol. The Morgan fingerprint density at radius 2 is 1.75 bits per heavy atom. The van der Waals surface area contributed by atoms with Crippen LogP contribution >= 0.6 is 15.9 Å². The summed E-state index contributed by atoms with van der Waals surface area (Å²) < 4.78 is 0. The van der Waals surface area contributed by atoms with Gasteiger partial charge >= 0.3 is 0 Å². The number of halogens is 1. The molecule has 16 heavy (non-hydrogen) atoms. The van der Waals surface area contributed by atoms with Crippen molar-refractivity contribution in [3.63, 3.8) is 0 Å². The Kier molecular flexibility index (Phi) is 3.12. The second-order valence-electron chi connectivity index (χ2n) is 5.05. The first-order chi connectivity index (χ1) is 7.58. The lowest BCUT2D eigenvalue weighted by Crippen LogP contribution is -2.43. The van der Waals surface area contributed by atoms with Crippen LogP contribution in [0.15, 0.2) is 0 Å². The summed E-state index contributed by atoms with van der Waals surface area (Å²) in [7, 11) is 0. The van der Waals surface area contributed by atoms with Gasteiger partial charge in [-0.2, -0.15) is 0 Å². The van der Waals surface area contributed by atoms with Gasteiger partial charge in [0.05, 0.1) is 11.8 Å². The summed E-state index contributed by atoms with van der Waals surface area (Å²) >= 11 is 3.52. The van der Waals surface area contributed by atoms with Gasteiger partial charge < -0.3 is 0 Å². The van der Waals surface area contributed by atoms with Gasteiger partial charge in [0.1, 0.15) is 0 Å². The van der Waals surface area contributed by atoms with Crippen molar-refractivity contribution in [2.75, 3.05) is 11.9 Å². The van der Waals surface area contributed by atoms with E-state index in [2.05, 4.69) is 29.8 Å². The van der Waals surface area contributed by atoms with E-state index in [9.17, 15) is 9.59 Å². The minimum atomic E-state index is 0.0363. The smallest absolute Gasteiger partial charge is 0.233 e. The molecule has 2 rings (SSSR count). The number of fused-ring (bicyclic) bond motifs is 1. The fraction of sp³-hybridized carbons (Fsp3) is 0.833. The number of piperidine rings is 1. The predicted octanol–water partition coefficient (Wildman–Crippen LogP) is 2.19. The normalized spacial score (nSPS) is 28.6. The number of hydrogen-bond donors (Lipinski definition) is 0. The maximum absolute atomic E-state index is 11.9. The van der Waals surface area contributed by atoms with Crippen LogP contribution in [-0.4, -0.2) is 28.6 Å². The summed E-state index contributed by atoms with van der Waals surface area (Å²) in [6.07, 6.45) is 2.77. The van der Waals surface area contributed by atoms with Crippen LogP contribution in [0.25, 0.3) is 0 Å². The van der Waals surface area contributed by atoms with Crippen LogP contribution in [0.3, 0.4) is 0 Å². The second kappa shape index (κ2) is 4.13. The van der Waals surface area contributed by atoms with Crippen LogP contribution in [0.1, 0.15) is 33.1 Å². The quantitative estimate of drug-likeness (QED) is 0.574. The van der Waals surface area contributed by atoms with Gasteiger partial charge in [0.25, 0.3) is 0 Å². The molecule has 0 radical (unpaired) electrons. The summed E-state index contributed by atoms with van der Waals surface area (Å²) in [6, 6.07) is 0. The molecule has 2 amide bonds. The molecule has 1 saturated carbocycles. The Morgan fingerprint density at radius 3 is 2.12 bits per heavy atom. The molecule has 0 aromatic carbocycles. The molecule has 3 nitrogen and oxygen atoms in total. The number of carbonyl (C=O) groups is 2. The monoisotopic (exact) mass is 287 g/mol. The number of hydrogen-bond acceptors (Lipinski definition) is 2. The van der Waals surface area contributed by atoms with Crippen molar-refractivity contribution in [3.8, 4) is 0 Å². The van der Waals surface area contributed by atoms with Crippen molar-refractivity contribution in [1.82, 2.24) is 4.90 Å². The number of rotatable bonds is 5. The maximum atomic E-state index is 11.9. The first-order valence-corrected chi connectivity index (χ1v) is 7.12. The third-order valence-electron chi connectivity index (χ3n) is 4.23. The van der Waals surface area contributed by atoms with Gasteiger partial charge in [0.15, 0.2) is 0 Å². The molecule has 2 unspecified atom stereocenters. The van der Waals surface area contributed by atoms with Gasteiger partial charge in [0.2, 0.25) is 11.8 Å². The number of nitrogens with zero attached hydrogens (tertiary/aromatic N) is 1. The highest BCUT2D eigenvalue weighted by atomic mass is 79.9. The SMILES string of the molecule is CCC(CC)(CBr)CN1C(=O)C2CC2C1=O. The Hall–Kier alpha value is -0.380. The zero-order valence-corrected chi connectivity index (χ0v) is 11.4. The Bertz CT molecular complexity index is 297. The molecule has 2 atom stereocenters. The van der Waals surface area contributed by atoms with Crippen LogP contribution in [0.5, 0.6) is 0 Å². The molecule has 1 aliphatic carbocycles. The number of alkyl halides is 1. The van der Waals surface area contributed by atoms with E-state index >= 15 is 0 Å². The molecule has 0 N–H and O–H groups in total. The lowest BCUT2D eigenvalue weighted by molar-refractivity contribution is -0.143. The first-order valence-electron chi connectivity index (χ1n) is 5.99. The third-order valence-corrected chi connectivity index (χ3v) is 5.42. The molecular formula is C12H18BrNO2. The molecule has 1 saturated heterocycles. The van der Waals surface area contributed by atoms with Gasteiger partial charge in [-0.15, -0.1) is 0 Å². The van der Waals surface area contributed by atoms with Crippen LogP contribution in [0.2, 0.25) is 0 Å². The highest BCUT2D eigenvalue weighted by molar-refractivity contribution is 9.09. The number of carbonyl (C=O) groups excluding carboxylic acids is 2. The zero-order valence-electron chi connectivity index (χ0n) is 9.83. The summed E-state index contributed by atoms with van der Waals surface area (Å²) in [5.41, 5.74) is 0.0576. The largest absolute Gasteiger partial charge is 0.282 e. The summed E-state index contributed by atoms with van der Waals surface area (Å²) in [5.74, 6) is 0.216. The van der Waals surface area contributed by atoms with E-state index in [1.54, 1.807) is 0 Å². The highest BCUT2D eigenvalue weighted by Gasteiger charge is 2.59. The van der Waals surface area contributed by atoms with Crippen LogP contribution < -0.4 is 0 Å². The lowest BCUT2D eigenvalue weighted by Gasteiger charge is -2.33. The number of amides is 2. The highest BCUT2D eigenvalue weighted by Crippen LogP contribution is 2.48. The molecule has 90 valence electrons. The molecule has 0 bridgehead atoms. The Balaban J connectivity index is 2.09. The summed E-state index contributed by atoms with van der Waals surface area (Å²) in [6.45, 7) is 4.84. The van der Waals surface area contributed by atoms with Gasteiger partial charge in [-0.3, -0.25) is 14.5 Å². The molecule has 4 heteroatoms.